The highest BCUT2D eigenvalue weighted by Crippen LogP contribution is 2.32. The van der Waals surface area contributed by atoms with Gasteiger partial charge < -0.3 is 9.84 Å². The summed E-state index contributed by atoms with van der Waals surface area (Å²) in [6.07, 6.45) is 0. The Morgan fingerprint density at radius 1 is 0.708 bits per heavy atom. The van der Waals surface area contributed by atoms with E-state index in [2.05, 4.69) is 0 Å². The molecule has 0 unspecified atom stereocenters. The summed E-state index contributed by atoms with van der Waals surface area (Å²) in [6.45, 7) is 0. The van der Waals surface area contributed by atoms with Crippen molar-refractivity contribution in [3.05, 3.63) is 90.0 Å². The van der Waals surface area contributed by atoms with Crippen molar-refractivity contribution >= 4 is 11.9 Å². The topological polar surface area (TPSA) is 63.6 Å². The Kier molecular flexibility index (Phi) is 4.38. The SMILES string of the molecule is O=C(Oc1ccccc1-c1ccccc1C(=O)O)c1ccccc1. The molecule has 0 aliphatic carbocycles. The predicted molar refractivity (Wildman–Crippen MR) is 90.2 cm³/mol. The van der Waals surface area contributed by atoms with Crippen LogP contribution in [-0.2, 0) is 0 Å². The summed E-state index contributed by atoms with van der Waals surface area (Å²) < 4.78 is 5.49. The highest BCUT2D eigenvalue weighted by molar-refractivity contribution is 5.98. The lowest BCUT2D eigenvalue weighted by molar-refractivity contribution is 0.0696. The monoisotopic (exact) mass is 318 g/mol. The van der Waals surface area contributed by atoms with Crippen LogP contribution in [0.3, 0.4) is 0 Å². The van der Waals surface area contributed by atoms with Crippen molar-refractivity contribution in [3.63, 3.8) is 0 Å². The van der Waals surface area contributed by atoms with Crippen LogP contribution in [0.4, 0.5) is 0 Å². The average Bonchev–Trinajstić information content (AvgIpc) is 2.63. The molecular formula is C20H14O4. The van der Waals surface area contributed by atoms with Crippen LogP contribution in [0.25, 0.3) is 11.1 Å². The number of rotatable bonds is 4. The van der Waals surface area contributed by atoms with Crippen LogP contribution in [0.5, 0.6) is 5.75 Å². The van der Waals surface area contributed by atoms with Crippen molar-refractivity contribution in [1.82, 2.24) is 0 Å². The lowest BCUT2D eigenvalue weighted by Crippen LogP contribution is -2.09. The summed E-state index contributed by atoms with van der Waals surface area (Å²) in [4.78, 5) is 23.7. The van der Waals surface area contributed by atoms with E-state index in [0.29, 0.717) is 22.4 Å². The molecule has 4 heteroatoms. The number of carbonyl (C=O) groups is 2. The normalized spacial score (nSPS) is 10.2. The Balaban J connectivity index is 2.01. The van der Waals surface area contributed by atoms with Gasteiger partial charge in [-0.05, 0) is 29.8 Å². The van der Waals surface area contributed by atoms with E-state index in [4.69, 9.17) is 4.74 Å². The predicted octanol–water partition coefficient (Wildman–Crippen LogP) is 4.27. The minimum Gasteiger partial charge on any atom is -0.478 e. The van der Waals surface area contributed by atoms with Crippen molar-refractivity contribution in [2.75, 3.05) is 0 Å². The number of esters is 1. The van der Waals surface area contributed by atoms with Gasteiger partial charge in [-0.3, -0.25) is 0 Å². The van der Waals surface area contributed by atoms with Gasteiger partial charge in [-0.15, -0.1) is 0 Å². The van der Waals surface area contributed by atoms with E-state index in [1.165, 1.54) is 6.07 Å². The van der Waals surface area contributed by atoms with Crippen molar-refractivity contribution in [2.45, 2.75) is 0 Å². The lowest BCUT2D eigenvalue weighted by Gasteiger charge is -2.12. The Morgan fingerprint density at radius 3 is 2.00 bits per heavy atom. The van der Waals surface area contributed by atoms with Crippen LogP contribution in [-0.4, -0.2) is 17.0 Å². The highest BCUT2D eigenvalue weighted by Gasteiger charge is 2.16. The first-order chi connectivity index (χ1) is 11.7. The maximum Gasteiger partial charge on any atom is 0.343 e. The summed E-state index contributed by atoms with van der Waals surface area (Å²) in [7, 11) is 0. The molecule has 0 saturated carbocycles. The molecule has 0 bridgehead atoms. The van der Waals surface area contributed by atoms with Crippen molar-refractivity contribution in [1.29, 1.82) is 0 Å². The molecule has 24 heavy (non-hydrogen) atoms. The molecule has 0 saturated heterocycles. The quantitative estimate of drug-likeness (QED) is 0.576. The second kappa shape index (κ2) is 6.79. The first kappa shape index (κ1) is 15.5. The fourth-order valence-electron chi connectivity index (χ4n) is 2.42. The highest BCUT2D eigenvalue weighted by atomic mass is 16.5. The van der Waals surface area contributed by atoms with E-state index >= 15 is 0 Å². The molecule has 0 aromatic heterocycles. The Labute approximate surface area is 139 Å². The molecule has 0 fully saturated rings. The van der Waals surface area contributed by atoms with Gasteiger partial charge in [0.25, 0.3) is 0 Å². The maximum absolute atomic E-state index is 12.3. The van der Waals surface area contributed by atoms with Gasteiger partial charge in [-0.25, -0.2) is 9.59 Å². The molecule has 0 amide bonds. The fraction of sp³-hybridized carbons (Fsp3) is 0. The van der Waals surface area contributed by atoms with Gasteiger partial charge in [-0.2, -0.15) is 0 Å². The number of carboxylic acid groups (broad SMARTS) is 1. The minimum atomic E-state index is -1.03. The Bertz CT molecular complexity index is 885. The first-order valence-corrected chi connectivity index (χ1v) is 7.36. The molecular weight excluding hydrogens is 304 g/mol. The summed E-state index contributed by atoms with van der Waals surface area (Å²) >= 11 is 0. The van der Waals surface area contributed by atoms with Crippen LogP contribution in [0.15, 0.2) is 78.9 Å². The maximum atomic E-state index is 12.3. The number of carboxylic acids is 1. The molecule has 0 radical (unpaired) electrons. The van der Waals surface area contributed by atoms with E-state index in [9.17, 15) is 14.7 Å². The van der Waals surface area contributed by atoms with Gasteiger partial charge in [0.2, 0.25) is 0 Å². The number of para-hydroxylation sites is 1. The third-order valence-corrected chi connectivity index (χ3v) is 3.55. The van der Waals surface area contributed by atoms with Crippen LogP contribution >= 0.6 is 0 Å². The molecule has 118 valence electrons. The van der Waals surface area contributed by atoms with E-state index < -0.39 is 11.9 Å². The number of benzene rings is 3. The molecule has 3 rings (SSSR count). The average molecular weight is 318 g/mol. The van der Waals surface area contributed by atoms with Crippen LogP contribution < -0.4 is 4.74 Å². The van der Waals surface area contributed by atoms with E-state index in [0.717, 1.165) is 0 Å². The molecule has 4 nitrogen and oxygen atoms in total. The second-order valence-corrected chi connectivity index (χ2v) is 5.10. The summed E-state index contributed by atoms with van der Waals surface area (Å²) in [6, 6.07) is 22.2. The van der Waals surface area contributed by atoms with Crippen molar-refractivity contribution in [3.8, 4) is 16.9 Å². The van der Waals surface area contributed by atoms with Gasteiger partial charge in [0.05, 0.1) is 11.1 Å². The number of hydrogen-bond acceptors (Lipinski definition) is 3. The third kappa shape index (κ3) is 3.17. The fourth-order valence-corrected chi connectivity index (χ4v) is 2.42. The molecule has 0 heterocycles. The largest absolute Gasteiger partial charge is 0.478 e. The van der Waals surface area contributed by atoms with E-state index in [1.54, 1.807) is 66.7 Å². The standard InChI is InChI=1S/C20H14O4/c21-19(22)17-12-5-4-10-15(17)16-11-6-7-13-18(16)24-20(23)14-8-2-1-3-9-14/h1-13H,(H,21,22). The molecule has 1 N–H and O–H groups in total. The summed E-state index contributed by atoms with van der Waals surface area (Å²) in [5.74, 6) is -1.20. The Morgan fingerprint density at radius 2 is 1.29 bits per heavy atom. The van der Waals surface area contributed by atoms with E-state index in [1.807, 2.05) is 6.07 Å². The second-order valence-electron chi connectivity index (χ2n) is 5.10. The van der Waals surface area contributed by atoms with Crippen LogP contribution in [0, 0.1) is 0 Å². The molecule has 0 aliphatic rings. The van der Waals surface area contributed by atoms with Crippen LogP contribution in [0.2, 0.25) is 0 Å². The first-order valence-electron chi connectivity index (χ1n) is 7.36. The zero-order valence-corrected chi connectivity index (χ0v) is 12.7. The van der Waals surface area contributed by atoms with E-state index in [-0.39, 0.29) is 5.56 Å². The number of hydrogen-bond donors (Lipinski definition) is 1. The van der Waals surface area contributed by atoms with Gasteiger partial charge in [0.1, 0.15) is 5.75 Å². The Hall–Kier alpha value is -3.40. The minimum absolute atomic E-state index is 0.153. The van der Waals surface area contributed by atoms with Gasteiger partial charge in [0.15, 0.2) is 0 Å². The number of ether oxygens (including phenoxy) is 1. The zero-order valence-electron chi connectivity index (χ0n) is 12.7. The van der Waals surface area contributed by atoms with Crippen LogP contribution in [0.1, 0.15) is 20.7 Å². The van der Waals surface area contributed by atoms with Crippen molar-refractivity contribution in [2.24, 2.45) is 0 Å². The summed E-state index contributed by atoms with van der Waals surface area (Å²) in [5.41, 5.74) is 1.64. The third-order valence-electron chi connectivity index (χ3n) is 3.55. The number of carbonyl (C=O) groups excluding carboxylic acids is 1. The molecule has 0 aliphatic heterocycles. The van der Waals surface area contributed by atoms with Gasteiger partial charge >= 0.3 is 11.9 Å². The van der Waals surface area contributed by atoms with Gasteiger partial charge in [0, 0.05) is 5.56 Å². The zero-order chi connectivity index (χ0) is 16.9. The summed E-state index contributed by atoms with van der Waals surface area (Å²) in [5, 5.41) is 9.37. The molecule has 3 aromatic carbocycles. The number of aromatic carboxylic acids is 1. The molecule has 0 atom stereocenters. The molecule has 0 spiro atoms. The molecule has 3 aromatic rings. The van der Waals surface area contributed by atoms with Gasteiger partial charge in [-0.1, -0.05) is 54.6 Å². The van der Waals surface area contributed by atoms with Crippen molar-refractivity contribution < 1.29 is 19.4 Å². The smallest absolute Gasteiger partial charge is 0.343 e. The lowest BCUT2D eigenvalue weighted by atomic mass is 9.99.